The summed E-state index contributed by atoms with van der Waals surface area (Å²) in [6.07, 6.45) is 16.4. The van der Waals surface area contributed by atoms with Gasteiger partial charge in [-0.15, -0.1) is 0 Å². The van der Waals surface area contributed by atoms with Crippen LogP contribution < -0.4 is 21.3 Å². The number of allylic oxidation sites excluding steroid dienone is 1. The summed E-state index contributed by atoms with van der Waals surface area (Å²) in [5.74, 6) is 0.720. The summed E-state index contributed by atoms with van der Waals surface area (Å²) in [6, 6.07) is 12.8. The van der Waals surface area contributed by atoms with E-state index in [1.165, 1.54) is 81.6 Å². The number of anilines is 2. The van der Waals surface area contributed by atoms with Gasteiger partial charge in [-0.25, -0.2) is 0 Å². The van der Waals surface area contributed by atoms with Gasteiger partial charge in [-0.3, -0.25) is 14.4 Å². The van der Waals surface area contributed by atoms with Crippen molar-refractivity contribution in [1.82, 2.24) is 10.6 Å². The molecule has 0 aromatic heterocycles. The largest absolute Gasteiger partial charge is 0.359 e. The molecule has 0 bridgehead atoms. The fraction of sp³-hybridized carbons (Fsp3) is 0.541. The Labute approximate surface area is 283 Å². The van der Waals surface area contributed by atoms with Crippen LogP contribution in [0.4, 0.5) is 11.4 Å². The summed E-state index contributed by atoms with van der Waals surface area (Å²) in [5, 5.41) is 12.6. The smallest absolute Gasteiger partial charge is 0.230 e. The van der Waals surface area contributed by atoms with Crippen LogP contribution in [0.1, 0.15) is 99.3 Å². The molecule has 0 fully saturated rings. The highest BCUT2D eigenvalue weighted by molar-refractivity contribution is 8.77. The maximum Gasteiger partial charge on any atom is 0.230 e. The Morgan fingerprint density at radius 3 is 1.65 bits per heavy atom. The molecule has 250 valence electrons. The van der Waals surface area contributed by atoms with Gasteiger partial charge in [0.2, 0.25) is 17.7 Å². The number of aryl methyl sites for hydroxylation is 2. The predicted molar refractivity (Wildman–Crippen MR) is 195 cm³/mol. The summed E-state index contributed by atoms with van der Waals surface area (Å²) in [4.78, 5) is 36.7. The molecule has 0 unspecified atom stereocenters. The van der Waals surface area contributed by atoms with Gasteiger partial charge >= 0.3 is 0 Å². The molecule has 0 saturated heterocycles. The minimum absolute atomic E-state index is 0.00835. The molecule has 0 saturated carbocycles. The van der Waals surface area contributed by atoms with Gasteiger partial charge in [0.05, 0.1) is 11.5 Å². The quantitative estimate of drug-likeness (QED) is 0.0854. The molecule has 2 aliphatic rings. The van der Waals surface area contributed by atoms with Gasteiger partial charge in [0.25, 0.3) is 0 Å². The lowest BCUT2D eigenvalue weighted by Crippen LogP contribution is -2.27. The lowest BCUT2D eigenvalue weighted by Gasteiger charge is -2.21. The Morgan fingerprint density at radius 1 is 0.587 bits per heavy atom. The first kappa shape index (κ1) is 35.9. The first-order valence-corrected chi connectivity index (χ1v) is 19.7. The van der Waals surface area contributed by atoms with Crippen LogP contribution in [0, 0.1) is 0 Å². The van der Waals surface area contributed by atoms with Crippen LogP contribution in [0.2, 0.25) is 0 Å². The minimum atomic E-state index is -0.0206. The number of carbonyl (C=O) groups excluding carboxylic acids is 3. The van der Waals surface area contributed by atoms with Crippen LogP contribution in [0.5, 0.6) is 0 Å². The summed E-state index contributed by atoms with van der Waals surface area (Å²) < 4.78 is 0. The van der Waals surface area contributed by atoms with Crippen molar-refractivity contribution in [3.63, 3.8) is 0 Å². The van der Waals surface area contributed by atoms with Crippen LogP contribution in [0.15, 0.2) is 48.7 Å². The van der Waals surface area contributed by atoms with Crippen LogP contribution in [0.3, 0.4) is 0 Å². The Kier molecular flexibility index (Phi) is 15.9. The van der Waals surface area contributed by atoms with Gasteiger partial charge in [-0.1, -0.05) is 65.3 Å². The highest BCUT2D eigenvalue weighted by Crippen LogP contribution is 2.30. The molecule has 0 aliphatic heterocycles. The third kappa shape index (κ3) is 12.7. The van der Waals surface area contributed by atoms with E-state index in [0.717, 1.165) is 75.6 Å². The van der Waals surface area contributed by atoms with Crippen molar-refractivity contribution in [2.45, 2.75) is 103 Å². The zero-order valence-corrected chi connectivity index (χ0v) is 29.0. The number of hydrogen-bond acceptors (Lipinski definition) is 6. The van der Waals surface area contributed by atoms with Crippen molar-refractivity contribution >= 4 is 50.7 Å². The third-order valence-corrected chi connectivity index (χ3v) is 10.9. The average Bonchev–Trinajstić information content (AvgIpc) is 3.06. The molecular formula is C37H52N4O3S2. The summed E-state index contributed by atoms with van der Waals surface area (Å²) >= 11 is 0. The zero-order valence-electron chi connectivity index (χ0n) is 27.4. The third-order valence-electron chi connectivity index (χ3n) is 8.72. The molecule has 4 rings (SSSR count). The molecule has 0 radical (unpaired) electrons. The van der Waals surface area contributed by atoms with E-state index in [-0.39, 0.29) is 17.7 Å². The van der Waals surface area contributed by atoms with Gasteiger partial charge in [-0.05, 0) is 118 Å². The second-order valence-corrected chi connectivity index (χ2v) is 14.9. The SMILES string of the molecule is C=C(CCCCCNC(=O)CSSCC(=O)NCCCCCC(=O)Nc1cccc2c1CCCC2)Nc1cccc2c1CCCC2. The van der Waals surface area contributed by atoms with Crippen LogP contribution in [-0.2, 0) is 40.1 Å². The van der Waals surface area contributed by atoms with Gasteiger partial charge < -0.3 is 21.3 Å². The molecule has 46 heavy (non-hydrogen) atoms. The monoisotopic (exact) mass is 664 g/mol. The first-order chi connectivity index (χ1) is 22.5. The molecule has 3 amide bonds. The van der Waals surface area contributed by atoms with E-state index in [2.05, 4.69) is 52.1 Å². The first-order valence-electron chi connectivity index (χ1n) is 17.2. The molecule has 2 aromatic rings. The molecule has 0 atom stereocenters. The Morgan fingerprint density at radius 2 is 1.09 bits per heavy atom. The fourth-order valence-electron chi connectivity index (χ4n) is 6.24. The maximum absolute atomic E-state index is 12.4. The van der Waals surface area contributed by atoms with E-state index in [0.29, 0.717) is 31.0 Å². The maximum atomic E-state index is 12.4. The van der Waals surface area contributed by atoms with Crippen molar-refractivity contribution < 1.29 is 14.4 Å². The van der Waals surface area contributed by atoms with Crippen LogP contribution >= 0.6 is 21.6 Å². The predicted octanol–water partition coefficient (Wildman–Crippen LogP) is 7.74. The molecular weight excluding hydrogens is 613 g/mol. The molecule has 2 aromatic carbocycles. The molecule has 4 N–H and O–H groups in total. The van der Waals surface area contributed by atoms with Crippen molar-refractivity contribution in [1.29, 1.82) is 0 Å². The van der Waals surface area contributed by atoms with E-state index in [9.17, 15) is 14.4 Å². The topological polar surface area (TPSA) is 99.3 Å². The number of amides is 3. The normalized spacial score (nSPS) is 13.7. The van der Waals surface area contributed by atoms with Gasteiger partial charge in [0.1, 0.15) is 0 Å². The van der Waals surface area contributed by atoms with Crippen molar-refractivity contribution in [3.8, 4) is 0 Å². The van der Waals surface area contributed by atoms with E-state index >= 15 is 0 Å². The lowest BCUT2D eigenvalue weighted by molar-refractivity contribution is -0.119. The molecule has 2 aliphatic carbocycles. The van der Waals surface area contributed by atoms with E-state index in [4.69, 9.17) is 0 Å². The van der Waals surface area contributed by atoms with Crippen molar-refractivity contribution in [2.24, 2.45) is 0 Å². The summed E-state index contributed by atoms with van der Waals surface area (Å²) in [5.41, 5.74) is 8.86. The number of hydrogen-bond donors (Lipinski definition) is 4. The van der Waals surface area contributed by atoms with Gasteiger partial charge in [0, 0.05) is 36.6 Å². The molecule has 0 spiro atoms. The minimum Gasteiger partial charge on any atom is -0.359 e. The highest BCUT2D eigenvalue weighted by Gasteiger charge is 2.15. The average molecular weight is 665 g/mol. The van der Waals surface area contributed by atoms with E-state index < -0.39 is 0 Å². The standard InChI is InChI=1S/C37H52N4O3S2/c1-28(40-33-21-12-17-29-15-6-8-19-31(29)33)14-4-2-10-24-38-36(43)26-45-46-27-37(44)39-25-11-3-5-23-35(42)41-34-22-13-18-30-16-7-9-20-32(30)34/h12-13,17-18,21-22,40H,1-11,14-16,19-20,23-27H2,(H,38,43)(H,39,44)(H,41,42). The van der Waals surface area contributed by atoms with Crippen LogP contribution in [0.25, 0.3) is 0 Å². The second-order valence-electron chi connectivity index (χ2n) is 12.4. The van der Waals surface area contributed by atoms with E-state index in [1.807, 2.05) is 12.1 Å². The second kappa shape index (κ2) is 20.4. The Hall–Kier alpha value is -2.91. The molecule has 0 heterocycles. The Balaban J connectivity index is 0.927. The molecule has 9 heteroatoms. The fourth-order valence-corrected chi connectivity index (χ4v) is 7.97. The molecule has 7 nitrogen and oxygen atoms in total. The number of nitrogens with one attached hydrogen (secondary N) is 4. The highest BCUT2D eigenvalue weighted by atomic mass is 33.1. The van der Waals surface area contributed by atoms with Gasteiger partial charge in [-0.2, -0.15) is 0 Å². The summed E-state index contributed by atoms with van der Waals surface area (Å²) in [6.45, 7) is 5.51. The number of fused-ring (bicyclic) bond motifs is 2. The number of rotatable bonds is 20. The van der Waals surface area contributed by atoms with Crippen molar-refractivity contribution in [2.75, 3.05) is 35.2 Å². The number of carbonyl (C=O) groups is 3. The van der Waals surface area contributed by atoms with Crippen LogP contribution in [-0.4, -0.2) is 42.3 Å². The lowest BCUT2D eigenvalue weighted by atomic mass is 9.90. The van der Waals surface area contributed by atoms with Crippen molar-refractivity contribution in [3.05, 3.63) is 70.9 Å². The van der Waals surface area contributed by atoms with Gasteiger partial charge in [0.15, 0.2) is 0 Å². The zero-order chi connectivity index (χ0) is 32.4. The number of unbranched alkanes of at least 4 members (excludes halogenated alkanes) is 4. The Bertz CT molecular complexity index is 1220. The number of benzene rings is 2. The summed E-state index contributed by atoms with van der Waals surface area (Å²) in [7, 11) is 2.82. The van der Waals surface area contributed by atoms with E-state index in [1.54, 1.807) is 0 Å².